The fourth-order valence-electron chi connectivity index (χ4n) is 2.64. The first-order valence-electron chi connectivity index (χ1n) is 7.55. The lowest BCUT2D eigenvalue weighted by Crippen LogP contribution is -2.32. The van der Waals surface area contributed by atoms with Crippen molar-refractivity contribution < 1.29 is 0 Å². The van der Waals surface area contributed by atoms with Gasteiger partial charge in [-0.25, -0.2) is 0 Å². The summed E-state index contributed by atoms with van der Waals surface area (Å²) in [5.41, 5.74) is 2.79. The van der Waals surface area contributed by atoms with E-state index in [2.05, 4.69) is 50.4 Å². The highest BCUT2D eigenvalue weighted by Crippen LogP contribution is 2.34. The third-order valence-corrected chi connectivity index (χ3v) is 4.13. The molecule has 1 saturated carbocycles. The van der Waals surface area contributed by atoms with Gasteiger partial charge in [-0.3, -0.25) is 0 Å². The molecule has 1 fully saturated rings. The Labute approximate surface area is 112 Å². The molecule has 2 rings (SSSR count). The fraction of sp³-hybridized carbons (Fsp3) is 0.647. The van der Waals surface area contributed by atoms with Crippen molar-refractivity contribution in [3.8, 4) is 0 Å². The van der Waals surface area contributed by atoms with E-state index >= 15 is 0 Å². The van der Waals surface area contributed by atoms with Gasteiger partial charge >= 0.3 is 0 Å². The Morgan fingerprint density at radius 2 is 1.78 bits per heavy atom. The smallest absolute Gasteiger partial charge is 0.0320 e. The number of hydrogen-bond donors (Lipinski definition) is 1. The molecule has 1 aliphatic carbocycles. The first-order valence-corrected chi connectivity index (χ1v) is 7.55. The number of hydrogen-bond acceptors (Lipinski definition) is 1. The molecule has 18 heavy (non-hydrogen) atoms. The summed E-state index contributed by atoms with van der Waals surface area (Å²) in [7, 11) is 0. The van der Waals surface area contributed by atoms with Gasteiger partial charge in [-0.05, 0) is 37.7 Å². The third kappa shape index (κ3) is 3.84. The first kappa shape index (κ1) is 13.6. The van der Waals surface area contributed by atoms with Crippen molar-refractivity contribution in [1.29, 1.82) is 0 Å². The van der Waals surface area contributed by atoms with Crippen molar-refractivity contribution in [3.05, 3.63) is 35.4 Å². The molecule has 1 aromatic rings. The molecule has 0 spiro atoms. The maximum Gasteiger partial charge on any atom is 0.0320 e. The molecule has 1 N–H and O–H groups in total. The van der Waals surface area contributed by atoms with Crippen LogP contribution < -0.4 is 5.32 Å². The molecule has 0 amide bonds. The second kappa shape index (κ2) is 6.38. The average molecular weight is 245 g/mol. The molecule has 0 bridgehead atoms. The number of benzene rings is 1. The highest BCUT2D eigenvalue weighted by molar-refractivity contribution is 5.24. The van der Waals surface area contributed by atoms with Crippen LogP contribution in [0.5, 0.6) is 0 Å². The van der Waals surface area contributed by atoms with E-state index in [1.807, 2.05) is 0 Å². The van der Waals surface area contributed by atoms with E-state index in [0.29, 0.717) is 12.1 Å². The van der Waals surface area contributed by atoms with Crippen LogP contribution in [-0.2, 0) is 0 Å². The maximum atomic E-state index is 3.86. The predicted molar refractivity (Wildman–Crippen MR) is 78.8 cm³/mol. The second-order valence-electron chi connectivity index (χ2n) is 5.82. The molecule has 100 valence electrons. The van der Waals surface area contributed by atoms with Gasteiger partial charge in [0.2, 0.25) is 0 Å². The molecule has 1 nitrogen and oxygen atoms in total. The van der Waals surface area contributed by atoms with Gasteiger partial charge in [-0.2, -0.15) is 0 Å². The normalized spacial score (nSPS) is 18.6. The molecular weight excluding hydrogens is 218 g/mol. The lowest BCUT2D eigenvalue weighted by atomic mass is 10.00. The predicted octanol–water partition coefficient (Wildman–Crippen LogP) is 4.61. The van der Waals surface area contributed by atoms with Crippen LogP contribution >= 0.6 is 0 Å². The van der Waals surface area contributed by atoms with Crippen LogP contribution in [0.3, 0.4) is 0 Å². The highest BCUT2D eigenvalue weighted by Gasteiger charge is 2.25. The van der Waals surface area contributed by atoms with Crippen LogP contribution in [0.25, 0.3) is 0 Å². The topological polar surface area (TPSA) is 12.0 Å². The van der Waals surface area contributed by atoms with Gasteiger partial charge in [-0.1, -0.05) is 56.5 Å². The Balaban J connectivity index is 1.96. The third-order valence-electron chi connectivity index (χ3n) is 4.13. The van der Waals surface area contributed by atoms with Gasteiger partial charge in [0.15, 0.2) is 0 Å². The lowest BCUT2D eigenvalue weighted by Gasteiger charge is -2.25. The maximum absolute atomic E-state index is 3.86. The van der Waals surface area contributed by atoms with Gasteiger partial charge in [0.1, 0.15) is 0 Å². The van der Waals surface area contributed by atoms with Crippen molar-refractivity contribution in [2.45, 2.75) is 65.0 Å². The molecule has 0 saturated heterocycles. The zero-order chi connectivity index (χ0) is 13.0. The second-order valence-corrected chi connectivity index (χ2v) is 5.82. The molecule has 1 aromatic carbocycles. The molecule has 0 radical (unpaired) electrons. The van der Waals surface area contributed by atoms with Gasteiger partial charge in [0, 0.05) is 12.1 Å². The van der Waals surface area contributed by atoms with Crippen LogP contribution in [0.4, 0.5) is 0 Å². The quantitative estimate of drug-likeness (QED) is 0.739. The SMILES string of the molecule is CCC(CC1CC1)NC(CC)c1ccc(C)cc1. The van der Waals surface area contributed by atoms with Crippen LogP contribution in [-0.4, -0.2) is 6.04 Å². The van der Waals surface area contributed by atoms with Crippen molar-refractivity contribution >= 4 is 0 Å². The van der Waals surface area contributed by atoms with Crippen molar-refractivity contribution in [2.75, 3.05) is 0 Å². The van der Waals surface area contributed by atoms with Gasteiger partial charge in [0.25, 0.3) is 0 Å². The lowest BCUT2D eigenvalue weighted by molar-refractivity contribution is 0.383. The van der Waals surface area contributed by atoms with E-state index in [1.165, 1.54) is 43.2 Å². The summed E-state index contributed by atoms with van der Waals surface area (Å²) >= 11 is 0. The van der Waals surface area contributed by atoms with E-state index in [1.54, 1.807) is 0 Å². The molecule has 1 heteroatoms. The molecular formula is C17H27N. The molecule has 2 unspecified atom stereocenters. The summed E-state index contributed by atoms with van der Waals surface area (Å²) in [6.45, 7) is 6.74. The Kier molecular flexibility index (Phi) is 4.82. The average Bonchev–Trinajstić information content (AvgIpc) is 3.19. The number of rotatable bonds is 7. The minimum absolute atomic E-state index is 0.522. The zero-order valence-corrected chi connectivity index (χ0v) is 12.1. The zero-order valence-electron chi connectivity index (χ0n) is 12.1. The minimum atomic E-state index is 0.522. The summed E-state index contributed by atoms with van der Waals surface area (Å²) < 4.78 is 0. The number of aryl methyl sites for hydroxylation is 1. The highest BCUT2D eigenvalue weighted by atomic mass is 14.9. The molecule has 1 aliphatic rings. The van der Waals surface area contributed by atoms with E-state index in [4.69, 9.17) is 0 Å². The van der Waals surface area contributed by atoms with Crippen molar-refractivity contribution in [2.24, 2.45) is 5.92 Å². The van der Waals surface area contributed by atoms with E-state index < -0.39 is 0 Å². The summed E-state index contributed by atoms with van der Waals surface area (Å²) in [5.74, 6) is 1.01. The van der Waals surface area contributed by atoms with Crippen LogP contribution in [0, 0.1) is 12.8 Å². The summed E-state index contributed by atoms with van der Waals surface area (Å²) in [6, 6.07) is 10.2. The van der Waals surface area contributed by atoms with Gasteiger partial charge < -0.3 is 5.32 Å². The standard InChI is InChI=1S/C17H27N/c1-4-16(12-14-8-9-14)18-17(5-2)15-10-6-13(3)7-11-15/h6-7,10-11,14,16-18H,4-5,8-9,12H2,1-3H3. The van der Waals surface area contributed by atoms with E-state index in [-0.39, 0.29) is 0 Å². The largest absolute Gasteiger partial charge is 0.307 e. The van der Waals surface area contributed by atoms with Crippen LogP contribution in [0.2, 0.25) is 0 Å². The molecule has 0 heterocycles. The minimum Gasteiger partial charge on any atom is -0.307 e. The monoisotopic (exact) mass is 245 g/mol. The van der Waals surface area contributed by atoms with E-state index in [9.17, 15) is 0 Å². The summed E-state index contributed by atoms with van der Waals surface area (Å²) in [6.07, 6.45) is 6.71. The van der Waals surface area contributed by atoms with Crippen LogP contribution in [0.15, 0.2) is 24.3 Å². The molecule has 2 atom stereocenters. The molecule has 0 aliphatic heterocycles. The van der Waals surface area contributed by atoms with Crippen molar-refractivity contribution in [3.63, 3.8) is 0 Å². The summed E-state index contributed by atoms with van der Waals surface area (Å²) in [5, 5.41) is 3.86. The Morgan fingerprint density at radius 1 is 1.11 bits per heavy atom. The number of nitrogens with one attached hydrogen (secondary N) is 1. The van der Waals surface area contributed by atoms with E-state index in [0.717, 1.165) is 5.92 Å². The fourth-order valence-corrected chi connectivity index (χ4v) is 2.64. The van der Waals surface area contributed by atoms with Crippen LogP contribution in [0.1, 0.15) is 63.1 Å². The van der Waals surface area contributed by atoms with Gasteiger partial charge in [-0.15, -0.1) is 0 Å². The van der Waals surface area contributed by atoms with Crippen molar-refractivity contribution in [1.82, 2.24) is 5.32 Å². The Bertz CT molecular complexity index is 350. The Hall–Kier alpha value is -0.820. The first-order chi connectivity index (χ1) is 8.72. The molecule has 0 aromatic heterocycles. The Morgan fingerprint density at radius 3 is 2.28 bits per heavy atom. The van der Waals surface area contributed by atoms with Gasteiger partial charge in [0.05, 0.1) is 0 Å². The summed E-state index contributed by atoms with van der Waals surface area (Å²) in [4.78, 5) is 0.